The number of rotatable bonds is 11. The molecule has 1 fully saturated rings. The van der Waals surface area contributed by atoms with Crippen LogP contribution in [0.15, 0.2) is 41.6 Å². The highest BCUT2D eigenvalue weighted by Crippen LogP contribution is 2.19. The van der Waals surface area contributed by atoms with Gasteiger partial charge in [-0.05, 0) is 6.07 Å². The third-order valence-electron chi connectivity index (χ3n) is 5.46. The summed E-state index contributed by atoms with van der Waals surface area (Å²) in [5.41, 5.74) is 5.08. The van der Waals surface area contributed by atoms with Gasteiger partial charge < -0.3 is 24.1 Å². The maximum atomic E-state index is 5.90. The Labute approximate surface area is 193 Å². The molecule has 4 rings (SSSR count). The summed E-state index contributed by atoms with van der Waals surface area (Å²) in [5, 5.41) is 5.49. The third kappa shape index (κ3) is 6.41. The van der Waals surface area contributed by atoms with Gasteiger partial charge in [0.2, 0.25) is 0 Å². The first-order valence-electron chi connectivity index (χ1n) is 11.1. The van der Waals surface area contributed by atoms with Gasteiger partial charge in [0.25, 0.3) is 0 Å². The van der Waals surface area contributed by atoms with Crippen molar-refractivity contribution in [3.63, 3.8) is 0 Å². The molecule has 1 aliphatic rings. The van der Waals surface area contributed by atoms with Crippen LogP contribution >= 0.6 is 0 Å². The Balaban J connectivity index is 1.44. The molecule has 2 aromatic heterocycles. The number of hydrazone groups is 1. The number of ether oxygens (including phenoxy) is 3. The molecule has 0 atom stereocenters. The minimum atomic E-state index is 0.315. The van der Waals surface area contributed by atoms with Crippen molar-refractivity contribution in [1.82, 2.24) is 19.9 Å². The molecular formula is C23H31N7O3. The number of hydrogen-bond acceptors (Lipinski definition) is 9. The van der Waals surface area contributed by atoms with E-state index in [1.54, 1.807) is 13.3 Å². The van der Waals surface area contributed by atoms with Crippen molar-refractivity contribution in [2.24, 2.45) is 5.10 Å². The van der Waals surface area contributed by atoms with Crippen LogP contribution in [0.25, 0.3) is 10.9 Å². The van der Waals surface area contributed by atoms with Gasteiger partial charge in [-0.15, -0.1) is 0 Å². The number of para-hydroxylation sites is 1. The first-order valence-corrected chi connectivity index (χ1v) is 11.1. The summed E-state index contributed by atoms with van der Waals surface area (Å²) in [5.74, 6) is 1.29. The normalized spacial score (nSPS) is 14.7. The van der Waals surface area contributed by atoms with Crippen LogP contribution in [0.5, 0.6) is 6.01 Å². The fourth-order valence-corrected chi connectivity index (χ4v) is 3.53. The van der Waals surface area contributed by atoms with E-state index in [1.165, 1.54) is 0 Å². The zero-order valence-corrected chi connectivity index (χ0v) is 19.2. The highest BCUT2D eigenvalue weighted by molar-refractivity contribution is 5.99. The lowest BCUT2D eigenvalue weighted by molar-refractivity contribution is 0.0317. The SMILES string of the molecule is COCCN(C)c1cc(N/N=C/c2c[nH]c3ccccc23)nc(OCCN2CCOCC2)n1. The number of nitrogens with zero attached hydrogens (tertiary/aromatic N) is 5. The quantitative estimate of drug-likeness (QED) is 0.337. The van der Waals surface area contributed by atoms with Crippen molar-refractivity contribution in [2.45, 2.75) is 0 Å². The van der Waals surface area contributed by atoms with Gasteiger partial charge in [-0.2, -0.15) is 15.1 Å². The number of likely N-dealkylation sites (N-methyl/N-ethyl adjacent to an activating group) is 1. The first kappa shape index (κ1) is 23.0. The van der Waals surface area contributed by atoms with E-state index in [1.807, 2.05) is 42.4 Å². The number of anilines is 2. The minimum Gasteiger partial charge on any atom is -0.462 e. The van der Waals surface area contributed by atoms with E-state index in [2.05, 4.69) is 36.4 Å². The molecule has 3 aromatic rings. The van der Waals surface area contributed by atoms with Gasteiger partial charge in [-0.25, -0.2) is 0 Å². The third-order valence-corrected chi connectivity index (χ3v) is 5.46. The number of benzene rings is 1. The highest BCUT2D eigenvalue weighted by atomic mass is 16.5. The van der Waals surface area contributed by atoms with Crippen molar-refractivity contribution >= 4 is 28.8 Å². The van der Waals surface area contributed by atoms with Gasteiger partial charge in [0.1, 0.15) is 12.4 Å². The molecule has 176 valence electrons. The van der Waals surface area contributed by atoms with Gasteiger partial charge in [0, 0.05) is 69.1 Å². The lowest BCUT2D eigenvalue weighted by atomic mass is 10.2. The second-order valence-corrected chi connectivity index (χ2v) is 7.77. The van der Waals surface area contributed by atoms with Crippen LogP contribution in [-0.4, -0.2) is 92.8 Å². The maximum Gasteiger partial charge on any atom is 0.320 e. The summed E-state index contributed by atoms with van der Waals surface area (Å²) in [7, 11) is 3.64. The van der Waals surface area contributed by atoms with Crippen molar-refractivity contribution in [3.05, 3.63) is 42.1 Å². The minimum absolute atomic E-state index is 0.315. The summed E-state index contributed by atoms with van der Waals surface area (Å²) in [6, 6.07) is 10.3. The molecule has 1 saturated heterocycles. The Kier molecular flexibility index (Phi) is 8.07. The van der Waals surface area contributed by atoms with Gasteiger partial charge in [-0.1, -0.05) is 18.2 Å². The predicted octanol–water partition coefficient (Wildman–Crippen LogP) is 2.20. The van der Waals surface area contributed by atoms with Crippen LogP contribution < -0.4 is 15.1 Å². The lowest BCUT2D eigenvalue weighted by Gasteiger charge is -2.26. The molecule has 2 N–H and O–H groups in total. The van der Waals surface area contributed by atoms with Crippen molar-refractivity contribution < 1.29 is 14.2 Å². The second-order valence-electron chi connectivity index (χ2n) is 7.77. The van der Waals surface area contributed by atoms with Crippen LogP contribution in [-0.2, 0) is 9.47 Å². The Hall–Kier alpha value is -3.21. The maximum absolute atomic E-state index is 5.90. The molecular weight excluding hydrogens is 422 g/mol. The second kappa shape index (κ2) is 11.6. The smallest absolute Gasteiger partial charge is 0.320 e. The molecule has 10 heteroatoms. The predicted molar refractivity (Wildman–Crippen MR) is 129 cm³/mol. The fraction of sp³-hybridized carbons (Fsp3) is 0.435. The number of morpholine rings is 1. The zero-order valence-electron chi connectivity index (χ0n) is 19.2. The highest BCUT2D eigenvalue weighted by Gasteiger charge is 2.12. The van der Waals surface area contributed by atoms with Crippen LogP contribution in [0.3, 0.4) is 0 Å². The Bertz CT molecular complexity index is 1050. The van der Waals surface area contributed by atoms with Crippen LogP contribution in [0.4, 0.5) is 11.6 Å². The lowest BCUT2D eigenvalue weighted by Crippen LogP contribution is -2.38. The largest absolute Gasteiger partial charge is 0.462 e. The molecule has 0 radical (unpaired) electrons. The molecule has 0 amide bonds. The number of aromatic nitrogens is 3. The van der Waals surface area contributed by atoms with E-state index >= 15 is 0 Å². The Morgan fingerprint density at radius 2 is 2.09 bits per heavy atom. The van der Waals surface area contributed by atoms with E-state index in [4.69, 9.17) is 14.2 Å². The molecule has 1 aromatic carbocycles. The summed E-state index contributed by atoms with van der Waals surface area (Å²) in [6.07, 6.45) is 3.70. The summed E-state index contributed by atoms with van der Waals surface area (Å²) < 4.78 is 16.5. The average molecular weight is 454 g/mol. The monoisotopic (exact) mass is 453 g/mol. The number of hydrogen-bond donors (Lipinski definition) is 2. The Morgan fingerprint density at radius 1 is 1.24 bits per heavy atom. The molecule has 10 nitrogen and oxygen atoms in total. The van der Waals surface area contributed by atoms with Crippen molar-refractivity contribution in [3.8, 4) is 6.01 Å². The molecule has 0 aliphatic carbocycles. The molecule has 33 heavy (non-hydrogen) atoms. The van der Waals surface area contributed by atoms with E-state index < -0.39 is 0 Å². The van der Waals surface area contributed by atoms with E-state index in [0.717, 1.165) is 55.1 Å². The number of H-pyrrole nitrogens is 1. The number of nitrogens with one attached hydrogen (secondary N) is 2. The summed E-state index contributed by atoms with van der Waals surface area (Å²) in [6.45, 7) is 5.95. The Morgan fingerprint density at radius 3 is 2.94 bits per heavy atom. The standard InChI is InChI=1S/C23H31N7O3/c1-29(7-11-31-2)22-15-21(26-23(27-22)33-14-10-30-8-12-32-13-9-30)28-25-17-18-16-24-20-6-4-3-5-19(18)20/h3-6,15-17,24H,7-14H2,1-2H3,(H,26,27,28)/b25-17+. The van der Waals surface area contributed by atoms with Gasteiger partial charge >= 0.3 is 6.01 Å². The topological polar surface area (TPSA) is 100 Å². The van der Waals surface area contributed by atoms with Crippen LogP contribution in [0.2, 0.25) is 0 Å². The molecule has 0 saturated carbocycles. The summed E-state index contributed by atoms with van der Waals surface area (Å²) >= 11 is 0. The molecule has 0 bridgehead atoms. The number of methoxy groups -OCH3 is 1. The molecule has 0 unspecified atom stereocenters. The van der Waals surface area contributed by atoms with Crippen molar-refractivity contribution in [2.75, 3.05) is 77.1 Å². The van der Waals surface area contributed by atoms with Gasteiger partial charge in [0.05, 0.1) is 26.0 Å². The average Bonchev–Trinajstić information content (AvgIpc) is 3.26. The van der Waals surface area contributed by atoms with Crippen LogP contribution in [0.1, 0.15) is 5.56 Å². The van der Waals surface area contributed by atoms with Crippen molar-refractivity contribution in [1.29, 1.82) is 0 Å². The van der Waals surface area contributed by atoms with Gasteiger partial charge in [-0.3, -0.25) is 10.3 Å². The zero-order chi connectivity index (χ0) is 22.9. The number of fused-ring (bicyclic) bond motifs is 1. The van der Waals surface area contributed by atoms with E-state index in [9.17, 15) is 0 Å². The molecule has 1 aliphatic heterocycles. The molecule has 0 spiro atoms. The fourth-order valence-electron chi connectivity index (χ4n) is 3.53. The number of aromatic amines is 1. The first-order chi connectivity index (χ1) is 16.2. The van der Waals surface area contributed by atoms with Crippen LogP contribution in [0, 0.1) is 0 Å². The molecule has 3 heterocycles. The van der Waals surface area contributed by atoms with Gasteiger partial charge in [0.15, 0.2) is 5.82 Å². The van der Waals surface area contributed by atoms with E-state index in [-0.39, 0.29) is 0 Å². The summed E-state index contributed by atoms with van der Waals surface area (Å²) in [4.78, 5) is 16.6. The van der Waals surface area contributed by atoms with E-state index in [0.29, 0.717) is 31.6 Å².